The largest absolute Gasteiger partial charge is 0.496 e. The Kier molecular flexibility index (Phi) is 4.59. The summed E-state index contributed by atoms with van der Waals surface area (Å²) in [6.45, 7) is 1.01. The molecule has 27 heavy (non-hydrogen) atoms. The summed E-state index contributed by atoms with van der Waals surface area (Å²) in [5.74, 6) is 2.08. The molecule has 0 spiro atoms. The summed E-state index contributed by atoms with van der Waals surface area (Å²) in [6.07, 6.45) is 0.715. The Morgan fingerprint density at radius 3 is 2.44 bits per heavy atom. The average molecular weight is 363 g/mol. The number of methoxy groups -OCH3 is 2. The summed E-state index contributed by atoms with van der Waals surface area (Å²) in [5.41, 5.74) is 3.71. The molecule has 0 amide bonds. The summed E-state index contributed by atoms with van der Waals surface area (Å²) in [4.78, 5) is 12.7. The topological polar surface area (TPSA) is 49.7 Å². The fourth-order valence-corrected chi connectivity index (χ4v) is 3.56. The minimum absolute atomic E-state index is 0.0777. The quantitative estimate of drug-likeness (QED) is 0.694. The van der Waals surface area contributed by atoms with Gasteiger partial charge in [-0.25, -0.2) is 0 Å². The maximum absolute atomic E-state index is 12.7. The molecular weight excluding hydrogens is 342 g/mol. The second-order valence-corrected chi connectivity index (χ2v) is 6.41. The maximum Gasteiger partial charge on any atom is 0.254 e. The lowest BCUT2D eigenvalue weighted by Crippen LogP contribution is -2.26. The van der Waals surface area contributed by atoms with Gasteiger partial charge in [0.25, 0.3) is 5.56 Å². The van der Waals surface area contributed by atoms with Crippen LogP contribution >= 0.6 is 0 Å². The van der Waals surface area contributed by atoms with Crippen molar-refractivity contribution in [3.63, 3.8) is 0 Å². The lowest BCUT2D eigenvalue weighted by molar-refractivity contribution is 0.305. The van der Waals surface area contributed by atoms with E-state index >= 15 is 0 Å². The SMILES string of the molecule is COc1ccc(OC)c2c1CCn1c-2cc(OCc2ccccc2)cc1=O. The smallest absolute Gasteiger partial charge is 0.254 e. The highest BCUT2D eigenvalue weighted by atomic mass is 16.5. The van der Waals surface area contributed by atoms with Crippen molar-refractivity contribution in [1.82, 2.24) is 4.57 Å². The van der Waals surface area contributed by atoms with E-state index in [2.05, 4.69) is 0 Å². The third-order valence-corrected chi connectivity index (χ3v) is 4.86. The van der Waals surface area contributed by atoms with E-state index < -0.39 is 0 Å². The van der Waals surface area contributed by atoms with Crippen LogP contribution in [-0.2, 0) is 19.6 Å². The second kappa shape index (κ2) is 7.19. The number of benzene rings is 2. The van der Waals surface area contributed by atoms with Crippen molar-refractivity contribution in [1.29, 1.82) is 0 Å². The van der Waals surface area contributed by atoms with Crippen LogP contribution in [0.15, 0.2) is 59.4 Å². The van der Waals surface area contributed by atoms with Crippen LogP contribution in [0.3, 0.4) is 0 Å². The lowest BCUT2D eigenvalue weighted by Gasteiger charge is -2.25. The molecule has 5 nitrogen and oxygen atoms in total. The standard InChI is InChI=1S/C22H21NO4/c1-25-19-8-9-20(26-2)22-17(19)10-11-23-18(22)12-16(13-21(23)24)27-14-15-6-4-3-5-7-15/h3-9,12-13H,10-11,14H2,1-2H3. The Bertz CT molecular complexity index is 1020. The summed E-state index contributed by atoms with van der Waals surface area (Å²) in [7, 11) is 3.29. The number of nitrogens with zero attached hydrogens (tertiary/aromatic N) is 1. The van der Waals surface area contributed by atoms with Gasteiger partial charge in [0.05, 0.1) is 19.9 Å². The van der Waals surface area contributed by atoms with Crippen LogP contribution in [0.25, 0.3) is 11.3 Å². The molecule has 0 aliphatic carbocycles. The molecule has 1 aliphatic heterocycles. The lowest BCUT2D eigenvalue weighted by atomic mass is 9.95. The van der Waals surface area contributed by atoms with Crippen molar-refractivity contribution < 1.29 is 14.2 Å². The third-order valence-electron chi connectivity index (χ3n) is 4.86. The molecule has 1 aromatic heterocycles. The number of rotatable bonds is 5. The van der Waals surface area contributed by atoms with Gasteiger partial charge in [0, 0.05) is 29.8 Å². The monoisotopic (exact) mass is 363 g/mol. The highest BCUT2D eigenvalue weighted by Gasteiger charge is 2.24. The van der Waals surface area contributed by atoms with Crippen LogP contribution in [0.1, 0.15) is 11.1 Å². The first-order valence-corrected chi connectivity index (χ1v) is 8.87. The number of fused-ring (bicyclic) bond motifs is 3. The molecule has 0 atom stereocenters. The van der Waals surface area contributed by atoms with Gasteiger partial charge in [-0.1, -0.05) is 30.3 Å². The van der Waals surface area contributed by atoms with Gasteiger partial charge in [-0.15, -0.1) is 0 Å². The molecule has 0 saturated heterocycles. The Hall–Kier alpha value is -3.21. The van der Waals surface area contributed by atoms with E-state index in [1.165, 1.54) is 0 Å². The summed E-state index contributed by atoms with van der Waals surface area (Å²) in [5, 5.41) is 0. The van der Waals surface area contributed by atoms with Gasteiger partial charge in [0.15, 0.2) is 0 Å². The minimum atomic E-state index is -0.0777. The molecular formula is C22H21NO4. The predicted octanol–water partition coefficient (Wildman–Crippen LogP) is 3.67. The first kappa shape index (κ1) is 17.2. The normalized spacial score (nSPS) is 12.1. The molecule has 0 saturated carbocycles. The number of hydrogen-bond donors (Lipinski definition) is 0. The number of hydrogen-bond acceptors (Lipinski definition) is 4. The molecule has 5 heteroatoms. The molecule has 2 aromatic carbocycles. The van der Waals surface area contributed by atoms with Crippen molar-refractivity contribution >= 4 is 0 Å². The highest BCUT2D eigenvalue weighted by Crippen LogP contribution is 2.41. The molecule has 0 radical (unpaired) electrons. The number of aromatic nitrogens is 1. The zero-order valence-corrected chi connectivity index (χ0v) is 15.4. The summed E-state index contributed by atoms with van der Waals surface area (Å²) >= 11 is 0. The van der Waals surface area contributed by atoms with E-state index in [1.807, 2.05) is 48.5 Å². The van der Waals surface area contributed by atoms with E-state index in [4.69, 9.17) is 14.2 Å². The van der Waals surface area contributed by atoms with Gasteiger partial charge in [-0.3, -0.25) is 4.79 Å². The second-order valence-electron chi connectivity index (χ2n) is 6.41. The average Bonchev–Trinajstić information content (AvgIpc) is 2.72. The van der Waals surface area contributed by atoms with Crippen LogP contribution in [0.2, 0.25) is 0 Å². The molecule has 0 N–H and O–H groups in total. The van der Waals surface area contributed by atoms with E-state index in [9.17, 15) is 4.79 Å². The Morgan fingerprint density at radius 1 is 0.963 bits per heavy atom. The third kappa shape index (κ3) is 3.16. The maximum atomic E-state index is 12.7. The first-order chi connectivity index (χ1) is 13.2. The number of pyridine rings is 1. The summed E-state index contributed by atoms with van der Waals surface area (Å²) in [6, 6.07) is 17.1. The summed E-state index contributed by atoms with van der Waals surface area (Å²) < 4.78 is 18.7. The fraction of sp³-hybridized carbons (Fsp3) is 0.227. The molecule has 138 valence electrons. The van der Waals surface area contributed by atoms with Gasteiger partial charge in [0.1, 0.15) is 23.9 Å². The van der Waals surface area contributed by atoms with Crippen molar-refractivity contribution in [3.05, 3.63) is 76.1 Å². The van der Waals surface area contributed by atoms with E-state index in [0.717, 1.165) is 33.9 Å². The minimum Gasteiger partial charge on any atom is -0.496 e. The first-order valence-electron chi connectivity index (χ1n) is 8.87. The molecule has 0 unspecified atom stereocenters. The van der Waals surface area contributed by atoms with Gasteiger partial charge in [-0.2, -0.15) is 0 Å². The fourth-order valence-electron chi connectivity index (χ4n) is 3.56. The van der Waals surface area contributed by atoms with Crippen molar-refractivity contribution in [2.24, 2.45) is 0 Å². The van der Waals surface area contributed by atoms with Crippen LogP contribution in [0.4, 0.5) is 0 Å². The molecule has 1 aliphatic rings. The molecule has 0 fully saturated rings. The number of ether oxygens (including phenoxy) is 3. The molecule has 4 rings (SSSR count). The predicted molar refractivity (Wildman–Crippen MR) is 104 cm³/mol. The van der Waals surface area contributed by atoms with Crippen LogP contribution < -0.4 is 19.8 Å². The van der Waals surface area contributed by atoms with E-state index in [0.29, 0.717) is 25.3 Å². The van der Waals surface area contributed by atoms with Crippen molar-refractivity contribution in [2.75, 3.05) is 14.2 Å². The van der Waals surface area contributed by atoms with E-state index in [-0.39, 0.29) is 5.56 Å². The molecule has 3 aromatic rings. The van der Waals surface area contributed by atoms with Crippen LogP contribution in [0, 0.1) is 0 Å². The molecule has 2 heterocycles. The Balaban J connectivity index is 1.78. The van der Waals surface area contributed by atoms with Gasteiger partial charge in [-0.05, 0) is 24.1 Å². The van der Waals surface area contributed by atoms with Crippen molar-refractivity contribution in [2.45, 2.75) is 19.6 Å². The Morgan fingerprint density at radius 2 is 1.70 bits per heavy atom. The van der Waals surface area contributed by atoms with Gasteiger partial charge in [0.2, 0.25) is 0 Å². The highest BCUT2D eigenvalue weighted by molar-refractivity contribution is 5.76. The van der Waals surface area contributed by atoms with Crippen LogP contribution in [-0.4, -0.2) is 18.8 Å². The van der Waals surface area contributed by atoms with Crippen molar-refractivity contribution in [3.8, 4) is 28.5 Å². The zero-order chi connectivity index (χ0) is 18.8. The zero-order valence-electron chi connectivity index (χ0n) is 15.4. The van der Waals surface area contributed by atoms with Crippen LogP contribution in [0.5, 0.6) is 17.2 Å². The Labute approximate surface area is 157 Å². The van der Waals surface area contributed by atoms with E-state index in [1.54, 1.807) is 24.9 Å². The molecule has 0 bridgehead atoms. The van der Waals surface area contributed by atoms with Gasteiger partial charge < -0.3 is 18.8 Å². The van der Waals surface area contributed by atoms with Gasteiger partial charge >= 0.3 is 0 Å².